The zero-order valence-corrected chi connectivity index (χ0v) is 13.0. The Hall–Kier alpha value is -2.82. The lowest BCUT2D eigenvalue weighted by Crippen LogP contribution is -2.43. The first kappa shape index (κ1) is 15.1. The summed E-state index contributed by atoms with van der Waals surface area (Å²) < 4.78 is 0. The number of hydrogen-bond donors (Lipinski definition) is 0. The summed E-state index contributed by atoms with van der Waals surface area (Å²) >= 11 is 0. The van der Waals surface area contributed by atoms with Gasteiger partial charge >= 0.3 is 6.03 Å². The number of hydrogen-bond acceptors (Lipinski definition) is 3. The second kappa shape index (κ2) is 6.12. The van der Waals surface area contributed by atoms with Crippen molar-refractivity contribution in [1.29, 1.82) is 0 Å². The van der Waals surface area contributed by atoms with Crippen LogP contribution in [0.25, 0.3) is 0 Å². The summed E-state index contributed by atoms with van der Waals surface area (Å²) in [5, 5.41) is 0. The average Bonchev–Trinajstić information content (AvgIpc) is 2.52. The van der Waals surface area contributed by atoms with Gasteiger partial charge in [0.2, 0.25) is 0 Å². The summed E-state index contributed by atoms with van der Waals surface area (Å²) in [6, 6.07) is 6.69. The van der Waals surface area contributed by atoms with E-state index in [4.69, 9.17) is 0 Å². The number of benzene rings is 1. The van der Waals surface area contributed by atoms with Crippen LogP contribution < -0.4 is 4.90 Å². The molecule has 0 unspecified atom stereocenters. The van der Waals surface area contributed by atoms with E-state index in [1.165, 1.54) is 6.20 Å². The van der Waals surface area contributed by atoms with E-state index in [1.807, 2.05) is 25.1 Å². The Balaban J connectivity index is 1.94. The van der Waals surface area contributed by atoms with Crippen molar-refractivity contribution in [3.05, 3.63) is 54.3 Å². The second-order valence-corrected chi connectivity index (χ2v) is 5.56. The van der Waals surface area contributed by atoms with Crippen LogP contribution in [-0.2, 0) is 4.79 Å². The molecule has 0 aliphatic carbocycles. The number of aryl methyl sites for hydroxylation is 1. The van der Waals surface area contributed by atoms with E-state index in [9.17, 15) is 9.59 Å². The molecule has 0 spiro atoms. The summed E-state index contributed by atoms with van der Waals surface area (Å²) in [6.45, 7) is 5.60. The van der Waals surface area contributed by atoms with Crippen molar-refractivity contribution >= 4 is 29.0 Å². The van der Waals surface area contributed by atoms with Crippen molar-refractivity contribution in [2.24, 2.45) is 9.98 Å². The number of urea groups is 1. The summed E-state index contributed by atoms with van der Waals surface area (Å²) in [5.74, 6) is -0.364. The number of nitrogens with zero attached hydrogens (tertiary/aromatic N) is 3. The van der Waals surface area contributed by atoms with Gasteiger partial charge in [0.15, 0.2) is 0 Å². The molecule has 0 aromatic heterocycles. The number of imide groups is 1. The number of rotatable bonds is 4. The molecule has 1 aromatic carbocycles. The largest absolute Gasteiger partial charge is 0.355 e. The molecule has 5 nitrogen and oxygen atoms in total. The lowest BCUT2D eigenvalue weighted by atomic mass is 9.97. The molecule has 3 amide bonds. The fourth-order valence-corrected chi connectivity index (χ4v) is 2.63. The molecule has 0 atom stereocenters. The molecule has 2 aliphatic rings. The monoisotopic (exact) mass is 307 g/mol. The van der Waals surface area contributed by atoms with E-state index in [0.29, 0.717) is 23.4 Å². The zero-order chi connectivity index (χ0) is 16.4. The van der Waals surface area contributed by atoms with Gasteiger partial charge in [-0.05, 0) is 37.5 Å². The Morgan fingerprint density at radius 1 is 1.35 bits per heavy atom. The minimum atomic E-state index is -0.544. The van der Waals surface area contributed by atoms with Gasteiger partial charge in [0, 0.05) is 18.3 Å². The van der Waals surface area contributed by atoms with Crippen molar-refractivity contribution in [2.75, 3.05) is 4.90 Å². The van der Waals surface area contributed by atoms with E-state index in [1.54, 1.807) is 12.1 Å². The second-order valence-electron chi connectivity index (χ2n) is 5.56. The Kier molecular flexibility index (Phi) is 4.02. The summed E-state index contributed by atoms with van der Waals surface area (Å²) in [6.07, 6.45) is 5.36. The molecule has 0 N–H and O–H groups in total. The van der Waals surface area contributed by atoms with Crippen molar-refractivity contribution in [3.63, 3.8) is 0 Å². The first-order chi connectivity index (χ1) is 11.1. The van der Waals surface area contributed by atoms with E-state index in [0.717, 1.165) is 29.0 Å². The first-order valence-electron chi connectivity index (χ1n) is 7.50. The topological polar surface area (TPSA) is 62.1 Å². The highest BCUT2D eigenvalue weighted by Gasteiger charge is 2.35. The number of aliphatic imine (C=N–C) groups is 2. The van der Waals surface area contributed by atoms with E-state index in [2.05, 4.69) is 16.6 Å². The minimum absolute atomic E-state index is 0.364. The average molecular weight is 307 g/mol. The van der Waals surface area contributed by atoms with Crippen LogP contribution in [0.4, 0.5) is 10.5 Å². The van der Waals surface area contributed by atoms with Gasteiger partial charge in [-0.25, -0.2) is 9.69 Å². The summed E-state index contributed by atoms with van der Waals surface area (Å²) in [4.78, 5) is 34.6. The minimum Gasteiger partial charge on any atom is -0.268 e. The lowest BCUT2D eigenvalue weighted by Gasteiger charge is -2.27. The molecule has 2 aliphatic heterocycles. The maximum atomic E-state index is 12.7. The number of allylic oxidation sites excluding steroid dienone is 1. The molecule has 0 saturated carbocycles. The SMILES string of the molecule is C=CCCC1=NC=C2C(=O)N(c3cccc(C)c3)C(=O)N=C2C1. The Bertz CT molecular complexity index is 787. The number of anilines is 1. The first-order valence-corrected chi connectivity index (χ1v) is 7.50. The molecule has 2 heterocycles. The Morgan fingerprint density at radius 2 is 2.17 bits per heavy atom. The summed E-state index contributed by atoms with van der Waals surface area (Å²) in [5.41, 5.74) is 3.33. The van der Waals surface area contributed by atoms with Gasteiger partial charge in [0.1, 0.15) is 0 Å². The fraction of sp³-hybridized carbons (Fsp3) is 0.222. The van der Waals surface area contributed by atoms with Crippen LogP contribution in [0.15, 0.2) is 58.7 Å². The number of fused-ring (bicyclic) bond motifs is 1. The summed E-state index contributed by atoms with van der Waals surface area (Å²) in [7, 11) is 0. The van der Waals surface area contributed by atoms with Crippen LogP contribution in [0.1, 0.15) is 24.8 Å². The molecule has 116 valence electrons. The third-order valence-corrected chi connectivity index (χ3v) is 3.81. The molecule has 23 heavy (non-hydrogen) atoms. The maximum absolute atomic E-state index is 12.7. The predicted octanol–water partition coefficient (Wildman–Crippen LogP) is 3.60. The smallest absolute Gasteiger partial charge is 0.268 e. The van der Waals surface area contributed by atoms with Gasteiger partial charge in [0.25, 0.3) is 5.91 Å². The van der Waals surface area contributed by atoms with Crippen LogP contribution >= 0.6 is 0 Å². The van der Waals surface area contributed by atoms with Crippen molar-refractivity contribution in [1.82, 2.24) is 0 Å². The van der Waals surface area contributed by atoms with Crippen LogP contribution in [0.2, 0.25) is 0 Å². The van der Waals surface area contributed by atoms with Gasteiger partial charge in [-0.1, -0.05) is 18.2 Å². The normalized spacial score (nSPS) is 17.3. The highest BCUT2D eigenvalue weighted by molar-refractivity contribution is 6.40. The molecule has 5 heteroatoms. The number of amides is 3. The molecule has 0 saturated heterocycles. The van der Waals surface area contributed by atoms with Crippen molar-refractivity contribution in [3.8, 4) is 0 Å². The predicted molar refractivity (Wildman–Crippen MR) is 91.1 cm³/mol. The molecule has 0 fully saturated rings. The number of carbonyl (C=O) groups excluding carboxylic acids is 2. The highest BCUT2D eigenvalue weighted by atomic mass is 16.2. The van der Waals surface area contributed by atoms with Crippen LogP contribution in [0.3, 0.4) is 0 Å². The molecule has 0 bridgehead atoms. The van der Waals surface area contributed by atoms with Crippen molar-refractivity contribution in [2.45, 2.75) is 26.2 Å². The van der Waals surface area contributed by atoms with Gasteiger partial charge in [-0.3, -0.25) is 9.79 Å². The van der Waals surface area contributed by atoms with Gasteiger partial charge in [-0.15, -0.1) is 6.58 Å². The van der Waals surface area contributed by atoms with Gasteiger partial charge in [-0.2, -0.15) is 4.99 Å². The quantitative estimate of drug-likeness (QED) is 0.798. The van der Waals surface area contributed by atoms with Gasteiger partial charge < -0.3 is 0 Å². The Morgan fingerprint density at radius 3 is 2.91 bits per heavy atom. The van der Waals surface area contributed by atoms with Crippen molar-refractivity contribution < 1.29 is 9.59 Å². The van der Waals surface area contributed by atoms with Crippen LogP contribution in [0, 0.1) is 6.92 Å². The third kappa shape index (κ3) is 2.90. The Labute approximate surface area is 134 Å². The fourth-order valence-electron chi connectivity index (χ4n) is 2.63. The molecule has 3 rings (SSSR count). The molecular weight excluding hydrogens is 290 g/mol. The number of carbonyl (C=O) groups is 2. The standard InChI is InChI=1S/C18H17N3O2/c1-3-4-7-13-10-16-15(11-19-13)17(22)21(18(23)20-16)14-8-5-6-12(2)9-14/h3,5-6,8-9,11H,1,4,7,10H2,2H3. The van der Waals surface area contributed by atoms with E-state index >= 15 is 0 Å². The zero-order valence-electron chi connectivity index (χ0n) is 13.0. The molecule has 0 radical (unpaired) electrons. The van der Waals surface area contributed by atoms with E-state index < -0.39 is 6.03 Å². The third-order valence-electron chi connectivity index (χ3n) is 3.81. The molecule has 1 aromatic rings. The highest BCUT2D eigenvalue weighted by Crippen LogP contribution is 2.26. The van der Waals surface area contributed by atoms with Crippen LogP contribution in [-0.4, -0.2) is 23.4 Å². The molecular formula is C18H17N3O2. The van der Waals surface area contributed by atoms with Gasteiger partial charge in [0.05, 0.1) is 17.0 Å². The maximum Gasteiger partial charge on any atom is 0.355 e. The lowest BCUT2D eigenvalue weighted by molar-refractivity contribution is -0.114. The van der Waals surface area contributed by atoms with E-state index in [-0.39, 0.29) is 5.91 Å². The van der Waals surface area contributed by atoms with Crippen LogP contribution in [0.5, 0.6) is 0 Å².